The van der Waals surface area contributed by atoms with Crippen molar-refractivity contribution in [2.75, 3.05) is 0 Å². The van der Waals surface area contributed by atoms with Crippen LogP contribution in [-0.2, 0) is 0 Å². The first-order valence-electron chi connectivity index (χ1n) is 5.30. The molecule has 2 aromatic rings. The van der Waals surface area contributed by atoms with E-state index in [0.29, 0.717) is 0 Å². The van der Waals surface area contributed by atoms with E-state index in [0.717, 1.165) is 18.2 Å². The Morgan fingerprint density at radius 3 is 2.42 bits per heavy atom. The van der Waals surface area contributed by atoms with Crippen LogP contribution >= 0.6 is 0 Å². The van der Waals surface area contributed by atoms with Gasteiger partial charge in [0, 0.05) is 11.6 Å². The fraction of sp³-hybridized carbons (Fsp3) is 0.0769. The Labute approximate surface area is 107 Å². The van der Waals surface area contributed by atoms with E-state index in [1.54, 1.807) is 0 Å². The molecule has 0 saturated heterocycles. The van der Waals surface area contributed by atoms with Crippen molar-refractivity contribution in [3.05, 3.63) is 46.0 Å². The number of aryl methyl sites for hydroxylation is 1. The van der Waals surface area contributed by atoms with Crippen molar-refractivity contribution in [1.82, 2.24) is 0 Å². The monoisotopic (exact) mass is 262 g/mol. The second-order valence-electron chi connectivity index (χ2n) is 3.88. The smallest absolute Gasteiger partial charge is 0.336 e. The fourth-order valence-electron chi connectivity index (χ4n) is 1.82. The summed E-state index contributed by atoms with van der Waals surface area (Å²) < 4.78 is 5.04. The van der Waals surface area contributed by atoms with Crippen LogP contribution in [0.3, 0.4) is 0 Å². The number of hydrogen-bond donors (Lipinski definition) is 3. The average Bonchev–Trinajstić information content (AvgIpc) is 2.33. The molecule has 0 saturated carbocycles. The van der Waals surface area contributed by atoms with Crippen LogP contribution in [0.4, 0.5) is 0 Å². The number of aromatic hydroxyl groups is 2. The first-order chi connectivity index (χ1) is 8.93. The van der Waals surface area contributed by atoms with Gasteiger partial charge in [0.2, 0.25) is 0 Å². The zero-order chi connectivity index (χ0) is 14.2. The highest BCUT2D eigenvalue weighted by Crippen LogP contribution is 2.38. The number of benzene rings is 1. The van der Waals surface area contributed by atoms with Gasteiger partial charge in [-0.15, -0.1) is 0 Å². The molecule has 0 spiro atoms. The third-order valence-electron chi connectivity index (χ3n) is 2.70. The van der Waals surface area contributed by atoms with E-state index in [1.807, 2.05) is 0 Å². The molecule has 19 heavy (non-hydrogen) atoms. The average molecular weight is 262 g/mol. The Morgan fingerprint density at radius 1 is 1.16 bits per heavy atom. The van der Waals surface area contributed by atoms with Crippen molar-refractivity contribution in [3.8, 4) is 22.6 Å². The lowest BCUT2D eigenvalue weighted by atomic mass is 9.97. The first kappa shape index (κ1) is 12.7. The minimum atomic E-state index is -1.33. The van der Waals surface area contributed by atoms with E-state index in [2.05, 4.69) is 0 Å². The van der Waals surface area contributed by atoms with Crippen molar-refractivity contribution < 1.29 is 24.5 Å². The highest BCUT2D eigenvalue weighted by Gasteiger charge is 2.22. The Hall–Kier alpha value is -2.76. The number of phenolic OH excluding ortho intramolecular Hbond substituents is 2. The van der Waals surface area contributed by atoms with Gasteiger partial charge in [-0.2, -0.15) is 0 Å². The minimum absolute atomic E-state index is 0.0895. The third kappa shape index (κ3) is 2.03. The topological polar surface area (TPSA) is 108 Å². The zero-order valence-corrected chi connectivity index (χ0v) is 9.88. The Morgan fingerprint density at radius 2 is 1.84 bits per heavy atom. The van der Waals surface area contributed by atoms with E-state index in [-0.39, 0.29) is 22.5 Å². The van der Waals surface area contributed by atoms with Crippen LogP contribution in [0, 0.1) is 6.92 Å². The van der Waals surface area contributed by atoms with Gasteiger partial charge in [0.25, 0.3) is 0 Å². The van der Waals surface area contributed by atoms with Crippen LogP contribution in [-0.4, -0.2) is 21.3 Å². The maximum Gasteiger partial charge on any atom is 0.336 e. The van der Waals surface area contributed by atoms with Crippen molar-refractivity contribution in [2.45, 2.75) is 6.92 Å². The predicted molar refractivity (Wildman–Crippen MR) is 65.4 cm³/mol. The molecule has 0 bridgehead atoms. The summed E-state index contributed by atoms with van der Waals surface area (Å²) in [5.41, 5.74) is -1.14. The second kappa shape index (κ2) is 4.49. The lowest BCUT2D eigenvalue weighted by Gasteiger charge is -2.10. The summed E-state index contributed by atoms with van der Waals surface area (Å²) in [6.45, 7) is 1.46. The molecule has 98 valence electrons. The van der Waals surface area contributed by atoms with Crippen LogP contribution in [0.2, 0.25) is 0 Å². The Kier molecular flexibility index (Phi) is 3.00. The normalized spacial score (nSPS) is 10.4. The van der Waals surface area contributed by atoms with Gasteiger partial charge in [-0.1, -0.05) is 0 Å². The van der Waals surface area contributed by atoms with Gasteiger partial charge in [0.15, 0.2) is 16.9 Å². The first-order valence-corrected chi connectivity index (χ1v) is 5.30. The molecule has 0 unspecified atom stereocenters. The molecule has 0 amide bonds. The Bertz CT molecular complexity index is 714. The summed E-state index contributed by atoms with van der Waals surface area (Å²) >= 11 is 0. The SMILES string of the molecule is Cc1occc(=O)c1-c1c(C(=O)O)ccc(O)c1O. The van der Waals surface area contributed by atoms with Crippen LogP contribution in [0.1, 0.15) is 16.1 Å². The summed E-state index contributed by atoms with van der Waals surface area (Å²) in [6.07, 6.45) is 1.17. The molecule has 6 heteroatoms. The van der Waals surface area contributed by atoms with Gasteiger partial charge in [-0.25, -0.2) is 4.79 Å². The van der Waals surface area contributed by atoms with E-state index in [1.165, 1.54) is 13.2 Å². The van der Waals surface area contributed by atoms with E-state index >= 15 is 0 Å². The van der Waals surface area contributed by atoms with Gasteiger partial charge in [0.1, 0.15) is 5.76 Å². The van der Waals surface area contributed by atoms with Crippen molar-refractivity contribution >= 4 is 5.97 Å². The van der Waals surface area contributed by atoms with E-state index in [4.69, 9.17) is 9.52 Å². The molecule has 1 heterocycles. The number of carbonyl (C=O) groups is 1. The van der Waals surface area contributed by atoms with Crippen molar-refractivity contribution in [2.24, 2.45) is 0 Å². The largest absolute Gasteiger partial charge is 0.504 e. The van der Waals surface area contributed by atoms with Gasteiger partial charge >= 0.3 is 5.97 Å². The number of carboxylic acid groups (broad SMARTS) is 1. The second-order valence-corrected chi connectivity index (χ2v) is 3.88. The summed E-state index contributed by atoms with van der Waals surface area (Å²) in [7, 11) is 0. The molecule has 0 atom stereocenters. The number of hydrogen-bond acceptors (Lipinski definition) is 5. The van der Waals surface area contributed by atoms with Gasteiger partial charge in [-0.05, 0) is 19.1 Å². The highest BCUT2D eigenvalue weighted by molar-refractivity contribution is 5.99. The molecule has 1 aromatic heterocycles. The fourth-order valence-corrected chi connectivity index (χ4v) is 1.82. The summed E-state index contributed by atoms with van der Waals surface area (Å²) in [4.78, 5) is 23.0. The molecule has 3 N–H and O–H groups in total. The molecule has 0 aliphatic heterocycles. The maximum absolute atomic E-state index is 11.8. The van der Waals surface area contributed by atoms with Gasteiger partial charge in [0.05, 0.1) is 17.4 Å². The molecule has 6 nitrogen and oxygen atoms in total. The molecule has 0 aliphatic rings. The predicted octanol–water partition coefficient (Wildman–Crippen LogP) is 1.72. The number of carboxylic acids is 1. The number of phenols is 2. The number of rotatable bonds is 2. The van der Waals surface area contributed by atoms with Gasteiger partial charge < -0.3 is 19.7 Å². The Balaban J connectivity index is 2.92. The van der Waals surface area contributed by atoms with E-state index < -0.39 is 22.9 Å². The lowest BCUT2D eigenvalue weighted by molar-refractivity contribution is 0.0697. The zero-order valence-electron chi connectivity index (χ0n) is 9.88. The minimum Gasteiger partial charge on any atom is -0.504 e. The third-order valence-corrected chi connectivity index (χ3v) is 2.70. The molecule has 0 radical (unpaired) electrons. The van der Waals surface area contributed by atoms with Crippen LogP contribution in [0.5, 0.6) is 11.5 Å². The van der Waals surface area contributed by atoms with Crippen molar-refractivity contribution in [3.63, 3.8) is 0 Å². The quantitative estimate of drug-likeness (QED) is 0.711. The van der Waals surface area contributed by atoms with Crippen molar-refractivity contribution in [1.29, 1.82) is 0 Å². The number of aromatic carboxylic acids is 1. The van der Waals surface area contributed by atoms with E-state index in [9.17, 15) is 19.8 Å². The molecule has 1 aromatic carbocycles. The summed E-state index contributed by atoms with van der Waals surface area (Å²) in [6, 6.07) is 3.26. The molecular formula is C13H10O6. The van der Waals surface area contributed by atoms with Gasteiger partial charge in [-0.3, -0.25) is 4.79 Å². The molecule has 0 aliphatic carbocycles. The molecular weight excluding hydrogens is 252 g/mol. The standard InChI is InChI=1S/C13H10O6/c1-6-10(8(14)4-5-19-6)11-7(13(17)18)2-3-9(15)12(11)16/h2-5,15-16H,1H3,(H,17,18). The highest BCUT2D eigenvalue weighted by atomic mass is 16.4. The molecule has 2 rings (SSSR count). The molecule has 0 fully saturated rings. The van der Waals surface area contributed by atoms with Crippen LogP contribution in [0.15, 0.2) is 33.7 Å². The summed E-state index contributed by atoms with van der Waals surface area (Å²) in [5.74, 6) is -2.35. The maximum atomic E-state index is 11.8. The summed E-state index contributed by atoms with van der Waals surface area (Å²) in [5, 5.41) is 28.4. The van der Waals surface area contributed by atoms with Crippen LogP contribution in [0.25, 0.3) is 11.1 Å². The van der Waals surface area contributed by atoms with Crippen LogP contribution < -0.4 is 5.43 Å². The lowest BCUT2D eigenvalue weighted by Crippen LogP contribution is -2.09.